The van der Waals surface area contributed by atoms with E-state index in [1.165, 1.54) is 0 Å². The molecule has 0 aliphatic carbocycles. The highest BCUT2D eigenvalue weighted by molar-refractivity contribution is 9.10. The summed E-state index contributed by atoms with van der Waals surface area (Å²) in [5, 5.41) is 4.07. The molecule has 0 radical (unpaired) electrons. The first-order chi connectivity index (χ1) is 12.5. The Bertz CT molecular complexity index is 681. The second-order valence-corrected chi connectivity index (χ2v) is 8.16. The normalized spacial score (nSPS) is 16.9. The molecule has 0 spiro atoms. The molecule has 2 aromatic rings. The maximum atomic E-state index is 5.81. The van der Waals surface area contributed by atoms with Crippen LogP contribution in [0.3, 0.4) is 0 Å². The molecule has 1 saturated heterocycles. The van der Waals surface area contributed by atoms with Crippen molar-refractivity contribution in [2.45, 2.75) is 46.0 Å². The minimum absolute atomic E-state index is 0.297. The van der Waals surface area contributed by atoms with E-state index >= 15 is 0 Å². The number of piperidine rings is 1. The number of rotatable bonds is 7. The standard InChI is InChI=1S/C19H27BrN4O2/c1-13(2)18-22-19(26-23-18)24-9-6-15(7-10-24)14(3)8-11-25-16-4-5-17(20)21-12-16/h4-5,12-15H,6-11H2,1-3H3/t14-/m1/s1. The molecule has 1 atom stereocenters. The van der Waals surface area contributed by atoms with Gasteiger partial charge in [0.1, 0.15) is 10.4 Å². The summed E-state index contributed by atoms with van der Waals surface area (Å²) in [5.74, 6) is 3.26. The first-order valence-electron chi connectivity index (χ1n) is 9.36. The van der Waals surface area contributed by atoms with E-state index < -0.39 is 0 Å². The first kappa shape index (κ1) is 19.1. The number of pyridine rings is 1. The van der Waals surface area contributed by atoms with Gasteiger partial charge in [-0.05, 0) is 59.2 Å². The molecular formula is C19H27BrN4O2. The zero-order valence-electron chi connectivity index (χ0n) is 15.7. The summed E-state index contributed by atoms with van der Waals surface area (Å²) in [6, 6.07) is 4.51. The molecule has 0 amide bonds. The molecule has 1 aliphatic heterocycles. The molecule has 0 aromatic carbocycles. The van der Waals surface area contributed by atoms with E-state index in [0.717, 1.165) is 55.1 Å². The molecule has 0 N–H and O–H groups in total. The van der Waals surface area contributed by atoms with Gasteiger partial charge in [-0.1, -0.05) is 25.9 Å². The van der Waals surface area contributed by atoms with Crippen LogP contribution in [0.15, 0.2) is 27.5 Å². The molecule has 1 fully saturated rings. The zero-order valence-corrected chi connectivity index (χ0v) is 17.3. The minimum Gasteiger partial charge on any atom is -0.492 e. The van der Waals surface area contributed by atoms with Crippen molar-refractivity contribution in [3.8, 4) is 5.75 Å². The van der Waals surface area contributed by atoms with Crippen molar-refractivity contribution in [3.05, 3.63) is 28.8 Å². The number of aromatic nitrogens is 3. The molecular weight excluding hydrogens is 396 g/mol. The molecule has 142 valence electrons. The van der Waals surface area contributed by atoms with E-state index in [0.29, 0.717) is 23.8 Å². The van der Waals surface area contributed by atoms with Gasteiger partial charge in [0.05, 0.1) is 12.8 Å². The molecule has 26 heavy (non-hydrogen) atoms. The van der Waals surface area contributed by atoms with Crippen molar-refractivity contribution in [1.82, 2.24) is 15.1 Å². The van der Waals surface area contributed by atoms with Crippen LogP contribution in [0.25, 0.3) is 0 Å². The molecule has 0 unspecified atom stereocenters. The molecule has 0 saturated carbocycles. The van der Waals surface area contributed by atoms with E-state index in [-0.39, 0.29) is 0 Å². The highest BCUT2D eigenvalue weighted by atomic mass is 79.9. The van der Waals surface area contributed by atoms with Crippen molar-refractivity contribution in [2.75, 3.05) is 24.6 Å². The Morgan fingerprint density at radius 2 is 2.04 bits per heavy atom. The maximum Gasteiger partial charge on any atom is 0.324 e. The summed E-state index contributed by atoms with van der Waals surface area (Å²) >= 11 is 3.33. The third kappa shape index (κ3) is 4.96. The van der Waals surface area contributed by atoms with Crippen molar-refractivity contribution < 1.29 is 9.26 Å². The van der Waals surface area contributed by atoms with Gasteiger partial charge in [0.2, 0.25) is 0 Å². The third-order valence-corrected chi connectivity index (χ3v) is 5.57. The lowest BCUT2D eigenvalue weighted by molar-refractivity contribution is 0.220. The van der Waals surface area contributed by atoms with Crippen LogP contribution in [0.1, 0.15) is 51.8 Å². The second kappa shape index (κ2) is 8.84. The molecule has 0 bridgehead atoms. The van der Waals surface area contributed by atoms with Crippen molar-refractivity contribution >= 4 is 21.9 Å². The van der Waals surface area contributed by atoms with Crippen LogP contribution >= 0.6 is 15.9 Å². The highest BCUT2D eigenvalue weighted by Gasteiger charge is 2.26. The molecule has 2 aromatic heterocycles. The topological polar surface area (TPSA) is 64.3 Å². The average molecular weight is 423 g/mol. The van der Waals surface area contributed by atoms with Gasteiger partial charge < -0.3 is 14.2 Å². The first-order valence-corrected chi connectivity index (χ1v) is 10.1. The number of anilines is 1. The molecule has 3 rings (SSSR count). The Balaban J connectivity index is 1.41. The van der Waals surface area contributed by atoms with Crippen LogP contribution in [0.2, 0.25) is 0 Å². The lowest BCUT2D eigenvalue weighted by Crippen LogP contribution is -2.36. The van der Waals surface area contributed by atoms with E-state index in [1.807, 2.05) is 12.1 Å². The van der Waals surface area contributed by atoms with Gasteiger partial charge in [-0.3, -0.25) is 0 Å². The molecule has 1 aliphatic rings. The fourth-order valence-electron chi connectivity index (χ4n) is 3.30. The van der Waals surface area contributed by atoms with Crippen LogP contribution in [0, 0.1) is 11.8 Å². The van der Waals surface area contributed by atoms with Crippen molar-refractivity contribution in [1.29, 1.82) is 0 Å². The number of hydrogen-bond donors (Lipinski definition) is 0. The van der Waals surface area contributed by atoms with Gasteiger partial charge in [-0.15, -0.1) is 0 Å². The van der Waals surface area contributed by atoms with Crippen molar-refractivity contribution in [2.24, 2.45) is 11.8 Å². The fraction of sp³-hybridized carbons (Fsp3) is 0.632. The van der Waals surface area contributed by atoms with Crippen LogP contribution in [0.5, 0.6) is 5.75 Å². The molecule has 3 heterocycles. The Hall–Kier alpha value is -1.63. The number of nitrogens with zero attached hydrogens (tertiary/aromatic N) is 4. The van der Waals surface area contributed by atoms with Crippen molar-refractivity contribution in [3.63, 3.8) is 0 Å². The second-order valence-electron chi connectivity index (χ2n) is 7.35. The Morgan fingerprint density at radius 1 is 1.27 bits per heavy atom. The number of ether oxygens (including phenoxy) is 1. The van der Waals surface area contributed by atoms with Crippen LogP contribution in [-0.4, -0.2) is 34.8 Å². The zero-order chi connectivity index (χ0) is 18.5. The maximum absolute atomic E-state index is 5.81. The smallest absolute Gasteiger partial charge is 0.324 e. The summed E-state index contributed by atoms with van der Waals surface area (Å²) in [6.45, 7) is 9.17. The monoisotopic (exact) mass is 422 g/mol. The van der Waals surface area contributed by atoms with E-state index in [2.05, 4.69) is 56.7 Å². The van der Waals surface area contributed by atoms with Gasteiger partial charge in [0.25, 0.3) is 0 Å². The largest absolute Gasteiger partial charge is 0.492 e. The Labute approximate surface area is 163 Å². The van der Waals surface area contributed by atoms with E-state index in [9.17, 15) is 0 Å². The van der Waals surface area contributed by atoms with Gasteiger partial charge >= 0.3 is 6.01 Å². The lowest BCUT2D eigenvalue weighted by atomic mass is 9.84. The summed E-state index contributed by atoms with van der Waals surface area (Å²) in [5.41, 5.74) is 0. The van der Waals surface area contributed by atoms with Crippen LogP contribution < -0.4 is 9.64 Å². The summed E-state index contributed by atoms with van der Waals surface area (Å²) in [4.78, 5) is 10.9. The quantitative estimate of drug-likeness (QED) is 0.603. The molecule has 6 nitrogen and oxygen atoms in total. The number of hydrogen-bond acceptors (Lipinski definition) is 6. The summed E-state index contributed by atoms with van der Waals surface area (Å²) in [6.07, 6.45) is 5.11. The predicted octanol–water partition coefficient (Wildman–Crippen LogP) is 4.67. The van der Waals surface area contributed by atoms with Gasteiger partial charge in [0.15, 0.2) is 5.82 Å². The third-order valence-electron chi connectivity index (χ3n) is 5.10. The summed E-state index contributed by atoms with van der Waals surface area (Å²) in [7, 11) is 0. The molecule has 7 heteroatoms. The van der Waals surface area contributed by atoms with Gasteiger partial charge in [0, 0.05) is 19.0 Å². The predicted molar refractivity (Wildman–Crippen MR) is 105 cm³/mol. The highest BCUT2D eigenvalue weighted by Crippen LogP contribution is 2.29. The van der Waals surface area contributed by atoms with Gasteiger partial charge in [-0.25, -0.2) is 4.98 Å². The summed E-state index contributed by atoms with van der Waals surface area (Å²) < 4.78 is 12.1. The van der Waals surface area contributed by atoms with E-state index in [1.54, 1.807) is 6.20 Å². The minimum atomic E-state index is 0.297. The number of halogens is 1. The Kier molecular flexibility index (Phi) is 6.51. The van der Waals surface area contributed by atoms with E-state index in [4.69, 9.17) is 9.26 Å². The lowest BCUT2D eigenvalue weighted by Gasteiger charge is -2.33. The average Bonchev–Trinajstić information content (AvgIpc) is 3.14. The van der Waals surface area contributed by atoms with Crippen LogP contribution in [-0.2, 0) is 0 Å². The van der Waals surface area contributed by atoms with Gasteiger partial charge in [-0.2, -0.15) is 4.98 Å². The Morgan fingerprint density at radius 3 is 2.65 bits per heavy atom. The fourth-order valence-corrected chi connectivity index (χ4v) is 3.53. The SMILES string of the molecule is CC(C)c1noc(N2CCC([C@H](C)CCOc3ccc(Br)nc3)CC2)n1. The van der Waals surface area contributed by atoms with Crippen LogP contribution in [0.4, 0.5) is 6.01 Å².